The second-order valence-corrected chi connectivity index (χ2v) is 8.38. The molecule has 5 N–H and O–H groups in total. The minimum absolute atomic E-state index is 0.973. The smallest absolute Gasteiger partial charge is 0.387 e. The molecule has 22 heavy (non-hydrogen) atoms. The zero-order valence-corrected chi connectivity index (χ0v) is 13.1. The number of rotatable bonds is 7. The van der Waals surface area contributed by atoms with Crippen molar-refractivity contribution in [1.29, 1.82) is 0 Å². The summed E-state index contributed by atoms with van der Waals surface area (Å²) in [6.45, 7) is -0.973. The summed E-state index contributed by atoms with van der Waals surface area (Å²) in [6.07, 6.45) is -5.26. The maximum atomic E-state index is 13.1. The first-order valence-electron chi connectivity index (χ1n) is 5.24. The van der Waals surface area contributed by atoms with E-state index in [2.05, 4.69) is 17.9 Å². The molecule has 0 aliphatic carbocycles. The highest BCUT2D eigenvalue weighted by Gasteiger charge is 2.44. The van der Waals surface area contributed by atoms with Crippen LogP contribution in [0.25, 0.3) is 0 Å². The van der Waals surface area contributed by atoms with Gasteiger partial charge in [-0.3, -0.25) is 4.52 Å². The number of phosphoric acid groups is 3. The van der Waals surface area contributed by atoms with Crippen molar-refractivity contribution in [1.82, 2.24) is 0 Å². The Balaban J connectivity index is 2.60. The number of aliphatic hydroxyl groups excluding tert-OH is 1. The number of halogens is 1. The zero-order valence-electron chi connectivity index (χ0n) is 10.4. The molecule has 0 saturated carbocycles. The van der Waals surface area contributed by atoms with Crippen LogP contribution in [0.4, 0.5) is 4.39 Å². The SMILES string of the molecule is [B]C1OC(COP(=O)(O)OP(=O)(O)OP(=O)(O)O)C(O)C1F. The summed E-state index contributed by atoms with van der Waals surface area (Å²) >= 11 is 0. The molecule has 128 valence electrons. The van der Waals surface area contributed by atoms with Gasteiger partial charge in [-0.15, -0.1) is 0 Å². The first kappa shape index (κ1) is 20.4. The van der Waals surface area contributed by atoms with Crippen molar-refractivity contribution in [2.45, 2.75) is 24.4 Å². The first-order valence-corrected chi connectivity index (χ1v) is 9.76. The third-order valence-electron chi connectivity index (χ3n) is 2.17. The molecule has 0 bridgehead atoms. The second kappa shape index (κ2) is 7.06. The van der Waals surface area contributed by atoms with Crippen molar-refractivity contribution in [3.63, 3.8) is 0 Å². The summed E-state index contributed by atoms with van der Waals surface area (Å²) in [5.74, 6) is 0. The van der Waals surface area contributed by atoms with Gasteiger partial charge >= 0.3 is 23.5 Å². The first-order chi connectivity index (χ1) is 9.72. The Hall–Kier alpha value is 0.325. The molecule has 0 spiro atoms. The summed E-state index contributed by atoms with van der Waals surface area (Å²) < 4.78 is 61.5. The largest absolute Gasteiger partial charge is 0.490 e. The molecule has 1 saturated heterocycles. The number of hydrogen-bond acceptors (Lipinski definition) is 8. The Bertz CT molecular complexity index is 537. The molecule has 0 amide bonds. The van der Waals surface area contributed by atoms with Gasteiger partial charge in [0.15, 0.2) is 0 Å². The van der Waals surface area contributed by atoms with Gasteiger partial charge in [0.2, 0.25) is 0 Å². The Morgan fingerprint density at radius 2 is 1.64 bits per heavy atom. The number of ether oxygens (including phenoxy) is 1. The minimum atomic E-state index is -5.64. The predicted octanol–water partition coefficient (Wildman–Crippen LogP) is -1.08. The van der Waals surface area contributed by atoms with Crippen LogP contribution in [-0.4, -0.2) is 63.5 Å². The van der Waals surface area contributed by atoms with Gasteiger partial charge in [-0.05, 0) is 0 Å². The van der Waals surface area contributed by atoms with Crippen molar-refractivity contribution in [2.75, 3.05) is 6.61 Å². The Kier molecular flexibility index (Phi) is 6.54. The fourth-order valence-electron chi connectivity index (χ4n) is 1.37. The molecule has 12 nitrogen and oxygen atoms in total. The molecule has 1 fully saturated rings. The Morgan fingerprint density at radius 1 is 1.09 bits per heavy atom. The van der Waals surface area contributed by atoms with E-state index in [-0.39, 0.29) is 0 Å². The molecule has 0 aromatic carbocycles. The predicted molar refractivity (Wildman–Crippen MR) is 65.1 cm³/mol. The van der Waals surface area contributed by atoms with Crippen LogP contribution >= 0.6 is 23.5 Å². The van der Waals surface area contributed by atoms with Gasteiger partial charge in [0.05, 0.1) is 12.6 Å². The van der Waals surface area contributed by atoms with Crippen LogP contribution in [0.15, 0.2) is 0 Å². The average molecular weight is 386 g/mol. The molecule has 17 heteroatoms. The van der Waals surface area contributed by atoms with Crippen molar-refractivity contribution >= 4 is 31.3 Å². The summed E-state index contributed by atoms with van der Waals surface area (Å²) in [5, 5.41) is 9.31. The fourth-order valence-corrected chi connectivity index (χ4v) is 4.40. The van der Waals surface area contributed by atoms with Gasteiger partial charge in [-0.1, -0.05) is 0 Å². The van der Waals surface area contributed by atoms with Crippen LogP contribution in [0, 0.1) is 0 Å². The molecule has 0 aromatic heterocycles. The van der Waals surface area contributed by atoms with Crippen LogP contribution in [0.1, 0.15) is 0 Å². The molecular weight excluding hydrogens is 375 g/mol. The van der Waals surface area contributed by atoms with Crippen molar-refractivity contribution < 1.29 is 60.6 Å². The van der Waals surface area contributed by atoms with Gasteiger partial charge in [0.25, 0.3) is 0 Å². The number of phosphoric ester groups is 1. The molecule has 6 unspecified atom stereocenters. The summed E-state index contributed by atoms with van der Waals surface area (Å²) in [5.41, 5.74) is 0. The summed E-state index contributed by atoms with van der Waals surface area (Å²) in [6, 6.07) is -1.51. The van der Waals surface area contributed by atoms with Crippen LogP contribution in [0.5, 0.6) is 0 Å². The summed E-state index contributed by atoms with van der Waals surface area (Å²) in [4.78, 5) is 34.6. The van der Waals surface area contributed by atoms with Crippen LogP contribution in [0.3, 0.4) is 0 Å². The molecule has 2 radical (unpaired) electrons. The van der Waals surface area contributed by atoms with Crippen LogP contribution in [-0.2, 0) is 31.6 Å². The van der Waals surface area contributed by atoms with E-state index in [4.69, 9.17) is 27.4 Å². The van der Waals surface area contributed by atoms with E-state index in [9.17, 15) is 23.2 Å². The average Bonchev–Trinajstić information content (AvgIpc) is 2.49. The van der Waals surface area contributed by atoms with E-state index in [0.29, 0.717) is 0 Å². The van der Waals surface area contributed by atoms with Gasteiger partial charge in [0, 0.05) is 0 Å². The van der Waals surface area contributed by atoms with E-state index in [0.717, 1.165) is 0 Å². The zero-order chi connectivity index (χ0) is 17.3. The highest BCUT2D eigenvalue weighted by molar-refractivity contribution is 7.66. The van der Waals surface area contributed by atoms with E-state index in [1.54, 1.807) is 0 Å². The standard InChI is InChI=1S/C5H11BFO12P3/c6-5-3(7)4(8)2(17-5)1-16-21(12,13)19-22(14,15)18-20(9,10)11/h2-5,8H,1H2,(H,12,13)(H,14,15)(H2,9,10,11). The van der Waals surface area contributed by atoms with Crippen LogP contribution < -0.4 is 0 Å². The third kappa shape index (κ3) is 6.44. The van der Waals surface area contributed by atoms with Gasteiger partial charge < -0.3 is 29.4 Å². The maximum Gasteiger partial charge on any atom is 0.490 e. The minimum Gasteiger partial charge on any atom is -0.387 e. The number of aliphatic hydroxyl groups is 1. The van der Waals surface area contributed by atoms with E-state index in [1.165, 1.54) is 0 Å². The van der Waals surface area contributed by atoms with E-state index >= 15 is 0 Å². The molecule has 1 rings (SSSR count). The Morgan fingerprint density at radius 3 is 2.05 bits per heavy atom. The fraction of sp³-hybridized carbons (Fsp3) is 1.00. The number of hydrogen-bond donors (Lipinski definition) is 5. The van der Waals surface area contributed by atoms with Gasteiger partial charge in [-0.2, -0.15) is 8.62 Å². The van der Waals surface area contributed by atoms with Gasteiger partial charge in [0.1, 0.15) is 26.2 Å². The van der Waals surface area contributed by atoms with Crippen molar-refractivity contribution in [3.05, 3.63) is 0 Å². The summed E-state index contributed by atoms with van der Waals surface area (Å²) in [7, 11) is -11.4. The van der Waals surface area contributed by atoms with Crippen molar-refractivity contribution in [2.24, 2.45) is 0 Å². The molecular formula is C5H11BFO12P3. The van der Waals surface area contributed by atoms with Crippen molar-refractivity contribution in [3.8, 4) is 0 Å². The Labute approximate surface area is 124 Å². The maximum absolute atomic E-state index is 13.1. The lowest BCUT2D eigenvalue weighted by atomic mass is 9.94. The monoisotopic (exact) mass is 386 g/mol. The topological polar surface area (TPSA) is 189 Å². The quantitative estimate of drug-likeness (QED) is 0.263. The highest BCUT2D eigenvalue weighted by atomic mass is 31.3. The molecule has 0 aromatic rings. The lowest BCUT2D eigenvalue weighted by Gasteiger charge is -2.19. The molecule has 6 atom stereocenters. The normalized spacial score (nSPS) is 35.0. The van der Waals surface area contributed by atoms with Crippen LogP contribution in [0.2, 0.25) is 0 Å². The molecule has 1 aliphatic heterocycles. The molecule has 1 aliphatic rings. The van der Waals surface area contributed by atoms with Gasteiger partial charge in [-0.25, -0.2) is 18.1 Å². The van der Waals surface area contributed by atoms with E-state index in [1.807, 2.05) is 0 Å². The lowest BCUT2D eigenvalue weighted by molar-refractivity contribution is -0.00570. The highest BCUT2D eigenvalue weighted by Crippen LogP contribution is 2.66. The van der Waals surface area contributed by atoms with E-state index < -0.39 is 54.5 Å². The lowest BCUT2D eigenvalue weighted by Crippen LogP contribution is -2.31. The second-order valence-electron chi connectivity index (χ2n) is 3.96. The number of alkyl halides is 1. The molecule has 1 heterocycles. The third-order valence-corrected chi connectivity index (χ3v) is 5.97.